The lowest BCUT2D eigenvalue weighted by Gasteiger charge is -2.25. The molecule has 0 spiro atoms. The number of hydrogen-bond donors (Lipinski definition) is 1. The molecule has 0 radical (unpaired) electrons. The summed E-state index contributed by atoms with van der Waals surface area (Å²) in [5, 5.41) is 0.142. The number of ether oxygens (including phenoxy) is 1. The Bertz CT molecular complexity index is 503. The van der Waals surface area contributed by atoms with Crippen LogP contribution in [-0.2, 0) is 9.53 Å². The highest BCUT2D eigenvalue weighted by molar-refractivity contribution is 6.28. The second-order valence-corrected chi connectivity index (χ2v) is 6.43. The molecule has 0 saturated heterocycles. The van der Waals surface area contributed by atoms with Crippen LogP contribution in [0.15, 0.2) is 6.20 Å². The minimum Gasteiger partial charge on any atom is -0.460 e. The van der Waals surface area contributed by atoms with E-state index in [9.17, 15) is 4.79 Å². The Morgan fingerprint density at radius 1 is 1.41 bits per heavy atom. The van der Waals surface area contributed by atoms with E-state index in [-0.39, 0.29) is 17.7 Å². The predicted octanol–water partition coefficient (Wildman–Crippen LogP) is 3.05. The molecule has 0 aliphatic heterocycles. The zero-order chi connectivity index (χ0) is 16.8. The largest absolute Gasteiger partial charge is 0.460 e. The van der Waals surface area contributed by atoms with Gasteiger partial charge in [0.25, 0.3) is 0 Å². The third-order valence-electron chi connectivity index (χ3n) is 2.85. The van der Waals surface area contributed by atoms with E-state index >= 15 is 0 Å². The number of esters is 1. The molecule has 0 unspecified atom stereocenters. The van der Waals surface area contributed by atoms with Crippen molar-refractivity contribution in [3.05, 3.63) is 11.5 Å². The van der Waals surface area contributed by atoms with Crippen molar-refractivity contribution in [2.75, 3.05) is 23.7 Å². The standard InChI is InChI=1S/C15H25ClN4O2/c1-5-6-8-20(9-7-12(21)22-15(2,3)4)13-11(17)10-18-14(16)19-13/h10H,5-9,17H2,1-4H3. The molecule has 6 nitrogen and oxygen atoms in total. The summed E-state index contributed by atoms with van der Waals surface area (Å²) in [4.78, 5) is 21.9. The van der Waals surface area contributed by atoms with Crippen LogP contribution in [-0.4, -0.2) is 34.6 Å². The SMILES string of the molecule is CCCCN(CCC(=O)OC(C)(C)C)c1nc(Cl)ncc1N. The Kier molecular flexibility index (Phi) is 6.87. The van der Waals surface area contributed by atoms with E-state index in [1.807, 2.05) is 25.7 Å². The summed E-state index contributed by atoms with van der Waals surface area (Å²) in [6.07, 6.45) is 3.75. The van der Waals surface area contributed by atoms with E-state index in [4.69, 9.17) is 22.1 Å². The van der Waals surface area contributed by atoms with Gasteiger partial charge in [-0.25, -0.2) is 4.98 Å². The molecule has 1 aromatic heterocycles. The van der Waals surface area contributed by atoms with Gasteiger partial charge in [0.05, 0.1) is 18.3 Å². The van der Waals surface area contributed by atoms with Crippen molar-refractivity contribution in [3.63, 3.8) is 0 Å². The Labute approximate surface area is 137 Å². The van der Waals surface area contributed by atoms with E-state index < -0.39 is 5.60 Å². The topological polar surface area (TPSA) is 81.3 Å². The number of nitrogens with two attached hydrogens (primary N) is 1. The fourth-order valence-electron chi connectivity index (χ4n) is 1.91. The van der Waals surface area contributed by atoms with Crippen LogP contribution in [0.2, 0.25) is 5.28 Å². The maximum Gasteiger partial charge on any atom is 0.308 e. The Morgan fingerprint density at radius 2 is 2.09 bits per heavy atom. The van der Waals surface area contributed by atoms with Crippen molar-refractivity contribution in [2.24, 2.45) is 0 Å². The van der Waals surface area contributed by atoms with Gasteiger partial charge in [-0.2, -0.15) is 4.98 Å². The van der Waals surface area contributed by atoms with Crippen molar-refractivity contribution in [1.29, 1.82) is 0 Å². The van der Waals surface area contributed by atoms with Crippen LogP contribution in [0.4, 0.5) is 11.5 Å². The second-order valence-electron chi connectivity index (χ2n) is 6.10. The molecular weight excluding hydrogens is 304 g/mol. The number of hydrogen-bond acceptors (Lipinski definition) is 6. The minimum atomic E-state index is -0.484. The third-order valence-corrected chi connectivity index (χ3v) is 3.04. The number of rotatable bonds is 7. The third kappa shape index (κ3) is 6.47. The van der Waals surface area contributed by atoms with Crippen LogP contribution in [0.5, 0.6) is 0 Å². The van der Waals surface area contributed by atoms with Gasteiger partial charge in [0.15, 0.2) is 5.82 Å². The number of nitrogens with zero attached hydrogens (tertiary/aromatic N) is 3. The minimum absolute atomic E-state index is 0.142. The van der Waals surface area contributed by atoms with Crippen molar-refractivity contribution < 1.29 is 9.53 Å². The lowest BCUT2D eigenvalue weighted by molar-refractivity contribution is -0.154. The van der Waals surface area contributed by atoms with Gasteiger partial charge in [0, 0.05) is 13.1 Å². The van der Waals surface area contributed by atoms with Gasteiger partial charge in [-0.15, -0.1) is 0 Å². The van der Waals surface area contributed by atoms with Crippen molar-refractivity contribution in [2.45, 2.75) is 52.6 Å². The molecule has 1 heterocycles. The van der Waals surface area contributed by atoms with Gasteiger partial charge in [0.1, 0.15) is 5.60 Å². The van der Waals surface area contributed by atoms with Crippen LogP contribution in [0.3, 0.4) is 0 Å². The molecule has 124 valence electrons. The number of aromatic nitrogens is 2. The number of nitrogen functional groups attached to an aromatic ring is 1. The van der Waals surface area contributed by atoms with Crippen molar-refractivity contribution in [3.8, 4) is 0 Å². The van der Waals surface area contributed by atoms with Crippen LogP contribution >= 0.6 is 11.6 Å². The van der Waals surface area contributed by atoms with Gasteiger partial charge >= 0.3 is 5.97 Å². The summed E-state index contributed by atoms with van der Waals surface area (Å²) < 4.78 is 5.33. The van der Waals surface area contributed by atoms with Gasteiger partial charge in [-0.1, -0.05) is 13.3 Å². The van der Waals surface area contributed by atoms with Crippen LogP contribution < -0.4 is 10.6 Å². The molecule has 2 N–H and O–H groups in total. The molecule has 0 fully saturated rings. The molecular formula is C15H25ClN4O2. The number of anilines is 2. The van der Waals surface area contributed by atoms with Gasteiger partial charge in [0.2, 0.25) is 5.28 Å². The molecule has 7 heteroatoms. The quantitative estimate of drug-likeness (QED) is 0.612. The predicted molar refractivity (Wildman–Crippen MR) is 89.0 cm³/mol. The summed E-state index contributed by atoms with van der Waals surface area (Å²) in [6.45, 7) is 8.87. The first kappa shape index (κ1) is 18.5. The van der Waals surface area contributed by atoms with E-state index in [2.05, 4.69) is 16.9 Å². The fraction of sp³-hybridized carbons (Fsp3) is 0.667. The summed E-state index contributed by atoms with van der Waals surface area (Å²) in [5.41, 5.74) is 5.89. The van der Waals surface area contributed by atoms with Crippen LogP contribution in [0, 0.1) is 0 Å². The monoisotopic (exact) mass is 328 g/mol. The smallest absolute Gasteiger partial charge is 0.308 e. The van der Waals surface area contributed by atoms with Crippen LogP contribution in [0.1, 0.15) is 47.0 Å². The summed E-state index contributed by atoms with van der Waals surface area (Å²) in [7, 11) is 0. The van der Waals surface area contributed by atoms with Crippen molar-refractivity contribution in [1.82, 2.24) is 9.97 Å². The molecule has 0 aliphatic carbocycles. The number of halogens is 1. The Morgan fingerprint density at radius 3 is 2.68 bits per heavy atom. The zero-order valence-electron chi connectivity index (χ0n) is 13.7. The van der Waals surface area contributed by atoms with Crippen molar-refractivity contribution >= 4 is 29.1 Å². The molecule has 0 aromatic carbocycles. The molecule has 0 bridgehead atoms. The molecule has 0 atom stereocenters. The lowest BCUT2D eigenvalue weighted by Crippen LogP contribution is -2.31. The molecule has 22 heavy (non-hydrogen) atoms. The average molecular weight is 329 g/mol. The Hall–Kier alpha value is -1.56. The molecule has 0 saturated carbocycles. The summed E-state index contributed by atoms with van der Waals surface area (Å²) >= 11 is 5.85. The summed E-state index contributed by atoms with van der Waals surface area (Å²) in [6, 6.07) is 0. The van der Waals surface area contributed by atoms with E-state index in [0.717, 1.165) is 19.4 Å². The lowest BCUT2D eigenvalue weighted by atomic mass is 10.2. The first-order valence-electron chi connectivity index (χ1n) is 7.47. The number of unbranched alkanes of at least 4 members (excludes halogenated alkanes) is 1. The molecule has 1 rings (SSSR count). The van der Waals surface area contributed by atoms with E-state index in [0.29, 0.717) is 18.1 Å². The number of carbonyl (C=O) groups excluding carboxylic acids is 1. The van der Waals surface area contributed by atoms with E-state index in [1.165, 1.54) is 6.20 Å². The Balaban J connectivity index is 2.76. The molecule has 0 amide bonds. The maximum atomic E-state index is 11.9. The van der Waals surface area contributed by atoms with Gasteiger partial charge in [-0.05, 0) is 38.8 Å². The van der Waals surface area contributed by atoms with Crippen LogP contribution in [0.25, 0.3) is 0 Å². The second kappa shape index (κ2) is 8.17. The van der Waals surface area contributed by atoms with Gasteiger partial charge < -0.3 is 15.4 Å². The normalized spacial score (nSPS) is 11.3. The average Bonchev–Trinajstić information content (AvgIpc) is 2.40. The fourth-order valence-corrected chi connectivity index (χ4v) is 2.03. The first-order valence-corrected chi connectivity index (χ1v) is 7.85. The molecule has 1 aromatic rings. The number of carbonyl (C=O) groups is 1. The highest BCUT2D eigenvalue weighted by Gasteiger charge is 2.19. The van der Waals surface area contributed by atoms with E-state index in [1.54, 1.807) is 0 Å². The maximum absolute atomic E-state index is 11.9. The summed E-state index contributed by atoms with van der Waals surface area (Å²) in [5.74, 6) is 0.324. The van der Waals surface area contributed by atoms with Gasteiger partial charge in [-0.3, -0.25) is 4.79 Å². The first-order chi connectivity index (χ1) is 10.2. The highest BCUT2D eigenvalue weighted by atomic mass is 35.5. The molecule has 0 aliphatic rings. The highest BCUT2D eigenvalue weighted by Crippen LogP contribution is 2.22. The zero-order valence-corrected chi connectivity index (χ0v) is 14.5.